The van der Waals surface area contributed by atoms with Gasteiger partial charge in [0.2, 0.25) is 0 Å². The zero-order valence-corrected chi connectivity index (χ0v) is 10.4. The second kappa shape index (κ2) is 4.48. The summed E-state index contributed by atoms with van der Waals surface area (Å²) in [5, 5.41) is 11.0. The monoisotopic (exact) mass is 257 g/mol. The van der Waals surface area contributed by atoms with Gasteiger partial charge in [0, 0.05) is 11.1 Å². The maximum absolute atomic E-state index is 9.20. The van der Waals surface area contributed by atoms with E-state index in [0.29, 0.717) is 5.15 Å². The molecule has 2 aromatic carbocycles. The first-order valence-electron chi connectivity index (χ1n) is 5.76. The van der Waals surface area contributed by atoms with Crippen LogP contribution >= 0.6 is 11.6 Å². The van der Waals surface area contributed by atoms with E-state index in [4.69, 9.17) is 11.6 Å². The van der Waals surface area contributed by atoms with Crippen molar-refractivity contribution in [2.24, 2.45) is 0 Å². The molecule has 0 fully saturated rings. The summed E-state index contributed by atoms with van der Waals surface area (Å²) >= 11 is 6.30. The van der Waals surface area contributed by atoms with Crippen molar-refractivity contribution in [3.05, 3.63) is 65.3 Å². The minimum atomic E-state index is 0.0324. The number of halogens is 1. The van der Waals surface area contributed by atoms with Gasteiger partial charge >= 0.3 is 0 Å². The smallest absolute Gasteiger partial charge is 0.114 e. The lowest BCUT2D eigenvalue weighted by Gasteiger charge is -2.08. The summed E-state index contributed by atoms with van der Waals surface area (Å²) in [6.07, 6.45) is 0. The van der Waals surface area contributed by atoms with E-state index in [2.05, 4.69) is 0 Å². The molecule has 1 heterocycles. The maximum atomic E-state index is 9.20. The van der Waals surface area contributed by atoms with Crippen molar-refractivity contribution in [1.29, 1.82) is 0 Å². The highest BCUT2D eigenvalue weighted by atomic mass is 35.5. The normalized spacial score (nSPS) is 11.0. The van der Waals surface area contributed by atoms with Crippen LogP contribution in [0.4, 0.5) is 0 Å². The van der Waals surface area contributed by atoms with Crippen LogP contribution in [0.3, 0.4) is 0 Å². The number of benzene rings is 2. The van der Waals surface area contributed by atoms with Crippen LogP contribution in [0.25, 0.3) is 16.6 Å². The predicted molar refractivity (Wildman–Crippen MR) is 74.2 cm³/mol. The van der Waals surface area contributed by atoms with Crippen molar-refractivity contribution in [1.82, 2.24) is 4.57 Å². The molecule has 1 N–H and O–H groups in total. The summed E-state index contributed by atoms with van der Waals surface area (Å²) in [4.78, 5) is 0. The van der Waals surface area contributed by atoms with Gasteiger partial charge < -0.3 is 9.67 Å². The van der Waals surface area contributed by atoms with Crippen molar-refractivity contribution >= 4 is 22.5 Å². The van der Waals surface area contributed by atoms with E-state index in [-0.39, 0.29) is 6.61 Å². The summed E-state index contributed by atoms with van der Waals surface area (Å²) in [5.41, 5.74) is 2.91. The molecule has 0 bridgehead atoms. The Hall–Kier alpha value is -1.77. The molecule has 0 spiro atoms. The van der Waals surface area contributed by atoms with Crippen LogP contribution in [0.2, 0.25) is 5.15 Å². The number of nitrogens with zero attached hydrogens (tertiary/aromatic N) is 1. The van der Waals surface area contributed by atoms with E-state index < -0.39 is 0 Å². The molecule has 3 rings (SSSR count). The molecule has 0 saturated carbocycles. The number of aliphatic hydroxyl groups excluding tert-OH is 1. The minimum Gasteiger partial charge on any atom is -0.392 e. The number of hydrogen-bond donors (Lipinski definition) is 1. The van der Waals surface area contributed by atoms with Gasteiger partial charge in [-0.2, -0.15) is 0 Å². The largest absolute Gasteiger partial charge is 0.392 e. The molecule has 3 heteroatoms. The Morgan fingerprint density at radius 3 is 2.67 bits per heavy atom. The Bertz CT molecular complexity index is 703. The summed E-state index contributed by atoms with van der Waals surface area (Å²) in [6.45, 7) is 0.0324. The van der Waals surface area contributed by atoms with E-state index in [9.17, 15) is 5.11 Å². The molecular formula is C15H12ClNO. The van der Waals surface area contributed by atoms with Crippen molar-refractivity contribution in [3.63, 3.8) is 0 Å². The van der Waals surface area contributed by atoms with Crippen LogP contribution in [0.15, 0.2) is 54.6 Å². The molecule has 2 nitrogen and oxygen atoms in total. The lowest BCUT2D eigenvalue weighted by atomic mass is 10.2. The van der Waals surface area contributed by atoms with Gasteiger partial charge in [-0.3, -0.25) is 0 Å². The van der Waals surface area contributed by atoms with Crippen LogP contribution in [-0.2, 0) is 6.61 Å². The fourth-order valence-corrected chi connectivity index (χ4v) is 2.48. The average Bonchev–Trinajstić information content (AvgIpc) is 2.74. The predicted octanol–water partition coefficient (Wildman–Crippen LogP) is 3.78. The van der Waals surface area contributed by atoms with E-state index in [1.807, 2.05) is 59.2 Å². The van der Waals surface area contributed by atoms with Crippen molar-refractivity contribution in [3.8, 4) is 5.69 Å². The fourth-order valence-electron chi connectivity index (χ4n) is 2.18. The Kier molecular flexibility index (Phi) is 2.82. The molecule has 0 amide bonds. The molecule has 0 saturated heterocycles. The maximum Gasteiger partial charge on any atom is 0.114 e. The number of aliphatic hydroxyl groups is 1. The number of fused-ring (bicyclic) bond motifs is 1. The molecule has 0 radical (unpaired) electrons. The van der Waals surface area contributed by atoms with Gasteiger partial charge in [0.15, 0.2) is 0 Å². The number of aromatic nitrogens is 1. The van der Waals surface area contributed by atoms with Gasteiger partial charge in [-0.1, -0.05) is 41.9 Å². The lowest BCUT2D eigenvalue weighted by molar-refractivity contribution is 0.282. The number of hydrogen-bond acceptors (Lipinski definition) is 1. The molecule has 0 aliphatic carbocycles. The van der Waals surface area contributed by atoms with Crippen molar-refractivity contribution < 1.29 is 5.11 Å². The van der Waals surface area contributed by atoms with Crippen LogP contribution in [0, 0.1) is 0 Å². The minimum absolute atomic E-state index is 0.0324. The highest BCUT2D eigenvalue weighted by molar-refractivity contribution is 6.31. The summed E-state index contributed by atoms with van der Waals surface area (Å²) in [5.74, 6) is 0. The third kappa shape index (κ3) is 1.80. The molecular weight excluding hydrogens is 246 g/mol. The van der Waals surface area contributed by atoms with Gasteiger partial charge in [0.1, 0.15) is 5.15 Å². The van der Waals surface area contributed by atoms with Crippen molar-refractivity contribution in [2.45, 2.75) is 6.61 Å². The number of para-hydroxylation sites is 1. The summed E-state index contributed by atoms with van der Waals surface area (Å²) in [6, 6.07) is 17.7. The molecule has 18 heavy (non-hydrogen) atoms. The highest BCUT2D eigenvalue weighted by Crippen LogP contribution is 2.27. The Labute approximate surface area is 110 Å². The Morgan fingerprint density at radius 2 is 1.83 bits per heavy atom. The van der Waals surface area contributed by atoms with Crippen LogP contribution in [0.1, 0.15) is 5.56 Å². The molecule has 0 unspecified atom stereocenters. The molecule has 3 aromatic rings. The Balaban J connectivity index is 2.27. The zero-order valence-electron chi connectivity index (χ0n) is 9.68. The van der Waals surface area contributed by atoms with Gasteiger partial charge in [0.25, 0.3) is 0 Å². The molecule has 0 atom stereocenters. The first-order valence-corrected chi connectivity index (χ1v) is 6.13. The fraction of sp³-hybridized carbons (Fsp3) is 0.0667. The lowest BCUT2D eigenvalue weighted by Crippen LogP contribution is -1.95. The molecule has 90 valence electrons. The molecule has 1 aromatic heterocycles. The Morgan fingerprint density at radius 1 is 1.00 bits per heavy atom. The van der Waals surface area contributed by atoms with Gasteiger partial charge in [-0.25, -0.2) is 0 Å². The second-order valence-electron chi connectivity index (χ2n) is 4.19. The SMILES string of the molecule is OCc1cccc(-n2c(Cl)cc3ccccc32)c1. The second-order valence-corrected chi connectivity index (χ2v) is 4.58. The standard InChI is InChI=1S/C15H12ClNO/c16-15-9-12-5-1-2-7-14(12)17(15)13-6-3-4-11(8-13)10-18/h1-9,18H,10H2. The van der Waals surface area contributed by atoms with E-state index in [1.54, 1.807) is 0 Å². The first-order chi connectivity index (χ1) is 8.79. The number of rotatable bonds is 2. The van der Waals surface area contributed by atoms with E-state index >= 15 is 0 Å². The van der Waals surface area contributed by atoms with Crippen LogP contribution in [-0.4, -0.2) is 9.67 Å². The van der Waals surface area contributed by atoms with Gasteiger partial charge in [-0.15, -0.1) is 0 Å². The average molecular weight is 258 g/mol. The topological polar surface area (TPSA) is 25.2 Å². The van der Waals surface area contributed by atoms with Gasteiger partial charge in [0.05, 0.1) is 12.1 Å². The van der Waals surface area contributed by atoms with Crippen molar-refractivity contribution in [2.75, 3.05) is 0 Å². The molecule has 0 aliphatic heterocycles. The molecule has 0 aliphatic rings. The quantitative estimate of drug-likeness (QED) is 0.743. The van der Waals surface area contributed by atoms with Crippen LogP contribution < -0.4 is 0 Å². The third-order valence-corrected chi connectivity index (χ3v) is 3.30. The summed E-state index contributed by atoms with van der Waals surface area (Å²) < 4.78 is 1.98. The summed E-state index contributed by atoms with van der Waals surface area (Å²) in [7, 11) is 0. The van der Waals surface area contributed by atoms with Crippen LogP contribution in [0.5, 0.6) is 0 Å². The third-order valence-electron chi connectivity index (χ3n) is 3.02. The van der Waals surface area contributed by atoms with E-state index in [1.165, 1.54) is 0 Å². The van der Waals surface area contributed by atoms with Gasteiger partial charge in [-0.05, 0) is 29.8 Å². The first kappa shape index (κ1) is 11.3. The highest BCUT2D eigenvalue weighted by Gasteiger charge is 2.08. The van der Waals surface area contributed by atoms with E-state index in [0.717, 1.165) is 22.2 Å². The zero-order chi connectivity index (χ0) is 12.5.